The number of aromatic nitrogens is 1. The van der Waals surface area contributed by atoms with Gasteiger partial charge in [0.05, 0.1) is 17.2 Å². The Bertz CT molecular complexity index is 1260. The fourth-order valence-electron chi connectivity index (χ4n) is 5.99. The number of pyridine rings is 1. The quantitative estimate of drug-likeness (QED) is 0.457. The number of halogens is 2. The zero-order valence-corrected chi connectivity index (χ0v) is 22.6. The molecule has 0 aliphatic carbocycles. The molecule has 3 heterocycles. The number of ether oxygens (including phenoxy) is 1. The minimum Gasteiger partial charge on any atom is -0.494 e. The minimum atomic E-state index is 0.0488. The van der Waals surface area contributed by atoms with Gasteiger partial charge in [0.1, 0.15) is 11.3 Å². The summed E-state index contributed by atoms with van der Waals surface area (Å²) in [5.41, 5.74) is 2.55. The lowest BCUT2D eigenvalue weighted by Gasteiger charge is -2.44. The summed E-state index contributed by atoms with van der Waals surface area (Å²) in [5.74, 6) is 1.36. The Morgan fingerprint density at radius 1 is 1.05 bits per heavy atom. The molecule has 0 radical (unpaired) electrons. The molecule has 0 saturated carbocycles. The minimum absolute atomic E-state index is 0.0488. The van der Waals surface area contributed by atoms with Crippen LogP contribution in [0.4, 0.5) is 0 Å². The molecule has 5 rings (SSSR count). The van der Waals surface area contributed by atoms with Crippen LogP contribution in [-0.4, -0.2) is 71.7 Å². The van der Waals surface area contributed by atoms with E-state index in [4.69, 9.17) is 27.9 Å². The van der Waals surface area contributed by atoms with Crippen molar-refractivity contribution in [3.05, 3.63) is 69.8 Å². The van der Waals surface area contributed by atoms with Crippen molar-refractivity contribution in [1.82, 2.24) is 14.8 Å². The van der Waals surface area contributed by atoms with Crippen molar-refractivity contribution in [3.63, 3.8) is 0 Å². The van der Waals surface area contributed by atoms with Gasteiger partial charge in [-0.25, -0.2) is 0 Å². The lowest BCUT2D eigenvalue weighted by molar-refractivity contribution is 0.0242. The van der Waals surface area contributed by atoms with Gasteiger partial charge in [-0.2, -0.15) is 0 Å². The highest BCUT2D eigenvalue weighted by atomic mass is 35.5. The van der Waals surface area contributed by atoms with E-state index < -0.39 is 0 Å². The zero-order valence-electron chi connectivity index (χ0n) is 21.1. The van der Waals surface area contributed by atoms with Gasteiger partial charge in [-0.3, -0.25) is 14.7 Å². The van der Waals surface area contributed by atoms with Crippen LogP contribution >= 0.6 is 23.2 Å². The molecule has 2 fully saturated rings. The molecular weight excluding hydrogens is 509 g/mol. The Morgan fingerprint density at radius 2 is 1.86 bits per heavy atom. The van der Waals surface area contributed by atoms with Gasteiger partial charge >= 0.3 is 0 Å². The number of carbonyl (C=O) groups excluding carboxylic acids is 1. The first-order chi connectivity index (χ1) is 18.0. The SMILES string of the molecule is COc1ccc(C(=O)N2CCC(N3CCC(Cc4ccc(Cl)c(Cl)c4)[C@H](CO)C3)CC2)c2cccnc12. The monoisotopic (exact) mass is 541 g/mol. The maximum absolute atomic E-state index is 13.4. The first kappa shape index (κ1) is 26.2. The molecule has 1 aromatic heterocycles. The van der Waals surface area contributed by atoms with Crippen LogP contribution in [0.3, 0.4) is 0 Å². The number of benzene rings is 2. The van der Waals surface area contributed by atoms with E-state index in [2.05, 4.69) is 9.88 Å². The molecule has 6 nitrogen and oxygen atoms in total. The zero-order chi connectivity index (χ0) is 25.9. The molecule has 2 aromatic carbocycles. The molecule has 196 valence electrons. The van der Waals surface area contributed by atoms with Crippen molar-refractivity contribution >= 4 is 40.0 Å². The number of fused-ring (bicyclic) bond motifs is 1. The van der Waals surface area contributed by atoms with Gasteiger partial charge in [-0.1, -0.05) is 35.3 Å². The number of amides is 1. The Balaban J connectivity index is 1.20. The summed E-state index contributed by atoms with van der Waals surface area (Å²) < 4.78 is 5.44. The third kappa shape index (κ3) is 5.58. The number of piperidine rings is 2. The summed E-state index contributed by atoms with van der Waals surface area (Å²) in [4.78, 5) is 22.4. The molecular formula is C29H33Cl2N3O3. The van der Waals surface area contributed by atoms with Crippen LogP contribution in [0.15, 0.2) is 48.7 Å². The van der Waals surface area contributed by atoms with Gasteiger partial charge in [0.2, 0.25) is 0 Å². The number of rotatable bonds is 6. The van der Waals surface area contributed by atoms with Crippen LogP contribution in [0, 0.1) is 11.8 Å². The van der Waals surface area contributed by atoms with E-state index in [9.17, 15) is 9.90 Å². The van der Waals surface area contributed by atoms with Gasteiger partial charge in [0.15, 0.2) is 0 Å². The topological polar surface area (TPSA) is 65.9 Å². The van der Waals surface area contributed by atoms with Crippen molar-refractivity contribution in [2.45, 2.75) is 31.7 Å². The molecule has 1 unspecified atom stereocenters. The molecule has 0 bridgehead atoms. The smallest absolute Gasteiger partial charge is 0.254 e. The number of aliphatic hydroxyl groups excluding tert-OH is 1. The molecule has 2 saturated heterocycles. The average molecular weight is 543 g/mol. The van der Waals surface area contributed by atoms with Crippen molar-refractivity contribution in [1.29, 1.82) is 0 Å². The molecule has 1 N–H and O–H groups in total. The van der Waals surface area contributed by atoms with Crippen LogP contribution in [0.2, 0.25) is 10.0 Å². The van der Waals surface area contributed by atoms with Gasteiger partial charge < -0.3 is 14.7 Å². The van der Waals surface area contributed by atoms with Gasteiger partial charge in [0.25, 0.3) is 5.91 Å². The number of methoxy groups -OCH3 is 1. The van der Waals surface area contributed by atoms with Crippen molar-refractivity contribution in [2.24, 2.45) is 11.8 Å². The van der Waals surface area contributed by atoms with Crippen LogP contribution < -0.4 is 4.74 Å². The van der Waals surface area contributed by atoms with Gasteiger partial charge in [-0.15, -0.1) is 0 Å². The molecule has 0 spiro atoms. The first-order valence-corrected chi connectivity index (χ1v) is 13.7. The second-order valence-corrected chi connectivity index (χ2v) is 11.0. The van der Waals surface area contributed by atoms with E-state index in [1.165, 1.54) is 5.56 Å². The molecule has 2 atom stereocenters. The predicted molar refractivity (Wildman–Crippen MR) is 148 cm³/mol. The number of nitrogens with zero attached hydrogens (tertiary/aromatic N) is 3. The van der Waals surface area contributed by atoms with E-state index in [0.29, 0.717) is 38.8 Å². The second-order valence-electron chi connectivity index (χ2n) is 10.2. The third-order valence-electron chi connectivity index (χ3n) is 8.09. The Labute approximate surface area is 228 Å². The summed E-state index contributed by atoms with van der Waals surface area (Å²) in [5, 5.41) is 12.2. The number of aliphatic hydroxyl groups is 1. The largest absolute Gasteiger partial charge is 0.494 e. The second kappa shape index (κ2) is 11.6. The van der Waals surface area contributed by atoms with E-state index in [-0.39, 0.29) is 18.4 Å². The molecule has 3 aromatic rings. The molecule has 2 aliphatic heterocycles. The molecule has 37 heavy (non-hydrogen) atoms. The molecule has 1 amide bonds. The lowest BCUT2D eigenvalue weighted by Crippen LogP contribution is -2.52. The highest BCUT2D eigenvalue weighted by Crippen LogP contribution is 2.33. The van der Waals surface area contributed by atoms with E-state index in [1.54, 1.807) is 13.3 Å². The van der Waals surface area contributed by atoms with Crippen molar-refractivity contribution in [3.8, 4) is 5.75 Å². The fraction of sp³-hybridized carbons (Fsp3) is 0.448. The van der Waals surface area contributed by atoms with Crippen LogP contribution in [0.1, 0.15) is 35.2 Å². The number of hydrogen-bond donors (Lipinski definition) is 1. The average Bonchev–Trinajstić information content (AvgIpc) is 2.94. The number of likely N-dealkylation sites (tertiary alicyclic amines) is 2. The van der Waals surface area contributed by atoms with E-state index >= 15 is 0 Å². The summed E-state index contributed by atoms with van der Waals surface area (Å²) >= 11 is 12.3. The number of carbonyl (C=O) groups is 1. The van der Waals surface area contributed by atoms with Crippen molar-refractivity contribution < 1.29 is 14.6 Å². The van der Waals surface area contributed by atoms with Gasteiger partial charge in [0, 0.05) is 49.4 Å². The predicted octanol–water partition coefficient (Wildman–Crippen LogP) is 5.33. The highest BCUT2D eigenvalue weighted by molar-refractivity contribution is 6.42. The van der Waals surface area contributed by atoms with E-state index in [1.807, 2.05) is 47.4 Å². The lowest BCUT2D eigenvalue weighted by atomic mass is 9.80. The van der Waals surface area contributed by atoms with Crippen LogP contribution in [0.25, 0.3) is 10.9 Å². The molecule has 2 aliphatic rings. The first-order valence-electron chi connectivity index (χ1n) is 13.0. The normalized spacial score (nSPS) is 21.4. The Hall–Kier alpha value is -2.38. The van der Waals surface area contributed by atoms with Crippen LogP contribution in [0.5, 0.6) is 5.75 Å². The summed E-state index contributed by atoms with van der Waals surface area (Å²) in [7, 11) is 1.62. The molecule has 8 heteroatoms. The van der Waals surface area contributed by atoms with Crippen molar-refractivity contribution in [2.75, 3.05) is 39.9 Å². The summed E-state index contributed by atoms with van der Waals surface area (Å²) in [6.45, 7) is 3.53. The Morgan fingerprint density at radius 3 is 2.59 bits per heavy atom. The maximum atomic E-state index is 13.4. The maximum Gasteiger partial charge on any atom is 0.254 e. The van der Waals surface area contributed by atoms with E-state index in [0.717, 1.165) is 57.2 Å². The fourth-order valence-corrected chi connectivity index (χ4v) is 6.31. The third-order valence-corrected chi connectivity index (χ3v) is 8.83. The summed E-state index contributed by atoms with van der Waals surface area (Å²) in [6, 6.07) is 13.7. The highest BCUT2D eigenvalue weighted by Gasteiger charge is 2.34. The number of hydrogen-bond acceptors (Lipinski definition) is 5. The summed E-state index contributed by atoms with van der Waals surface area (Å²) in [6.07, 6.45) is 5.53. The Kier molecular flexibility index (Phi) is 8.20. The van der Waals surface area contributed by atoms with Gasteiger partial charge in [-0.05, 0) is 80.0 Å². The van der Waals surface area contributed by atoms with Crippen LogP contribution in [-0.2, 0) is 6.42 Å². The standard InChI is InChI=1S/C29H33Cl2N3O3/c1-37-27-7-5-24(23-3-2-11-32-28(23)27)29(36)33-13-9-22(10-14-33)34-12-8-20(21(17-34)18-35)15-19-4-6-25(30)26(31)16-19/h2-7,11,16,20-22,35H,8-10,12-15,17-18H2,1H3/t20?,21-/m0/s1.